The highest BCUT2D eigenvalue weighted by Gasteiger charge is 2.30. The third-order valence-corrected chi connectivity index (χ3v) is 5.24. The second-order valence-corrected chi connectivity index (χ2v) is 7.21. The molecule has 0 aliphatic carbocycles. The lowest BCUT2D eigenvalue weighted by atomic mass is 9.90. The van der Waals surface area contributed by atoms with E-state index in [9.17, 15) is 14.9 Å². The number of benzene rings is 1. The molecule has 1 aromatic heterocycles. The Kier molecular flexibility index (Phi) is 5.85. The van der Waals surface area contributed by atoms with Gasteiger partial charge in [0.1, 0.15) is 5.54 Å². The first-order valence-corrected chi connectivity index (χ1v) is 9.15. The fourth-order valence-corrected chi connectivity index (χ4v) is 3.16. The van der Waals surface area contributed by atoms with Crippen molar-refractivity contribution >= 4 is 28.6 Å². The number of nitriles is 1. The van der Waals surface area contributed by atoms with Crippen LogP contribution in [0.5, 0.6) is 0 Å². The van der Waals surface area contributed by atoms with Crippen LogP contribution >= 0.6 is 11.8 Å². The highest BCUT2D eigenvalue weighted by atomic mass is 32.2. The van der Waals surface area contributed by atoms with Crippen LogP contribution in [0.4, 0.5) is 0 Å². The predicted molar refractivity (Wildman–Crippen MR) is 99.4 cm³/mol. The molecule has 7 heteroatoms. The van der Waals surface area contributed by atoms with Gasteiger partial charge in [-0.3, -0.25) is 14.2 Å². The first kappa shape index (κ1) is 19.0. The third-order valence-electron chi connectivity index (χ3n) is 4.26. The van der Waals surface area contributed by atoms with Crippen LogP contribution in [0, 0.1) is 17.2 Å². The largest absolute Gasteiger partial charge is 0.337 e. The van der Waals surface area contributed by atoms with Crippen molar-refractivity contribution in [2.45, 2.75) is 44.9 Å². The molecule has 2 rings (SSSR count). The summed E-state index contributed by atoms with van der Waals surface area (Å²) in [5, 5.41) is 13.1. The Morgan fingerprint density at radius 3 is 2.72 bits per heavy atom. The number of hydrogen-bond donors (Lipinski definition) is 1. The Balaban J connectivity index is 2.22. The van der Waals surface area contributed by atoms with Gasteiger partial charge in [-0.1, -0.05) is 37.7 Å². The van der Waals surface area contributed by atoms with Gasteiger partial charge in [0.2, 0.25) is 5.91 Å². The van der Waals surface area contributed by atoms with Crippen molar-refractivity contribution in [3.05, 3.63) is 34.6 Å². The third kappa shape index (κ3) is 4.02. The van der Waals surface area contributed by atoms with Gasteiger partial charge in [0.25, 0.3) is 5.56 Å². The van der Waals surface area contributed by atoms with Gasteiger partial charge < -0.3 is 5.32 Å². The lowest BCUT2D eigenvalue weighted by Crippen LogP contribution is -2.49. The summed E-state index contributed by atoms with van der Waals surface area (Å²) in [4.78, 5) is 29.3. The number of nitrogens with zero attached hydrogens (tertiary/aromatic N) is 3. The molecule has 1 atom stereocenters. The van der Waals surface area contributed by atoms with Crippen molar-refractivity contribution in [2.24, 2.45) is 5.92 Å². The summed E-state index contributed by atoms with van der Waals surface area (Å²) in [6.07, 6.45) is 0. The van der Waals surface area contributed by atoms with Crippen LogP contribution in [-0.4, -0.2) is 26.8 Å². The van der Waals surface area contributed by atoms with Crippen molar-refractivity contribution in [3.63, 3.8) is 0 Å². The van der Waals surface area contributed by atoms with Crippen molar-refractivity contribution in [3.8, 4) is 6.07 Å². The van der Waals surface area contributed by atoms with Gasteiger partial charge in [0.15, 0.2) is 5.16 Å². The Bertz CT molecular complexity index is 885. The van der Waals surface area contributed by atoms with Gasteiger partial charge in [0, 0.05) is 6.54 Å². The summed E-state index contributed by atoms with van der Waals surface area (Å²) >= 11 is 1.20. The molecule has 0 saturated heterocycles. The predicted octanol–water partition coefficient (Wildman–Crippen LogP) is 2.56. The number of amides is 1. The number of para-hydroxylation sites is 1. The Labute approximate surface area is 151 Å². The maximum atomic E-state index is 12.6. The van der Waals surface area contributed by atoms with Crippen LogP contribution in [0.15, 0.2) is 34.2 Å². The Morgan fingerprint density at radius 2 is 2.12 bits per heavy atom. The zero-order valence-corrected chi connectivity index (χ0v) is 15.7. The molecule has 25 heavy (non-hydrogen) atoms. The van der Waals surface area contributed by atoms with Gasteiger partial charge in [-0.05, 0) is 31.9 Å². The minimum atomic E-state index is -0.918. The fourth-order valence-electron chi connectivity index (χ4n) is 2.29. The molecule has 0 aliphatic rings. The van der Waals surface area contributed by atoms with Gasteiger partial charge in [0.05, 0.1) is 22.7 Å². The van der Waals surface area contributed by atoms with E-state index >= 15 is 0 Å². The summed E-state index contributed by atoms with van der Waals surface area (Å²) in [5.41, 5.74) is -0.414. The lowest BCUT2D eigenvalue weighted by Gasteiger charge is -2.27. The number of carbonyl (C=O) groups is 1. The van der Waals surface area contributed by atoms with E-state index in [0.29, 0.717) is 22.6 Å². The smallest absolute Gasteiger partial charge is 0.262 e. The molecule has 132 valence electrons. The Hall–Kier alpha value is -2.33. The fraction of sp³-hybridized carbons (Fsp3) is 0.444. The minimum absolute atomic E-state index is 0.0148. The molecule has 0 aliphatic heterocycles. The summed E-state index contributed by atoms with van der Waals surface area (Å²) in [5.74, 6) is -0.179. The highest BCUT2D eigenvalue weighted by molar-refractivity contribution is 7.99. The van der Waals surface area contributed by atoms with Crippen LogP contribution in [-0.2, 0) is 11.3 Å². The van der Waals surface area contributed by atoms with E-state index in [1.165, 1.54) is 11.8 Å². The zero-order chi connectivity index (χ0) is 18.6. The van der Waals surface area contributed by atoms with Crippen molar-refractivity contribution < 1.29 is 4.79 Å². The molecule has 0 saturated carbocycles. The van der Waals surface area contributed by atoms with Crippen LogP contribution in [0.1, 0.15) is 27.7 Å². The number of thioether (sulfide) groups is 1. The van der Waals surface area contributed by atoms with Gasteiger partial charge in [-0.25, -0.2) is 4.98 Å². The topological polar surface area (TPSA) is 87.8 Å². The molecular formula is C18H22N4O2S. The number of fused-ring (bicyclic) bond motifs is 1. The van der Waals surface area contributed by atoms with E-state index in [-0.39, 0.29) is 23.1 Å². The van der Waals surface area contributed by atoms with Crippen molar-refractivity contribution in [2.75, 3.05) is 5.75 Å². The van der Waals surface area contributed by atoms with Crippen molar-refractivity contribution in [1.82, 2.24) is 14.9 Å². The number of rotatable bonds is 6. The maximum Gasteiger partial charge on any atom is 0.262 e. The second kappa shape index (κ2) is 7.70. The zero-order valence-electron chi connectivity index (χ0n) is 14.9. The monoisotopic (exact) mass is 358 g/mol. The molecule has 0 unspecified atom stereocenters. The molecule has 0 radical (unpaired) electrons. The van der Waals surface area contributed by atoms with Crippen LogP contribution in [0.2, 0.25) is 0 Å². The summed E-state index contributed by atoms with van der Waals surface area (Å²) in [6, 6.07) is 9.32. The summed E-state index contributed by atoms with van der Waals surface area (Å²) < 4.78 is 1.56. The van der Waals surface area contributed by atoms with E-state index in [0.717, 1.165) is 0 Å². The summed E-state index contributed by atoms with van der Waals surface area (Å²) in [6.45, 7) is 7.82. The first-order valence-electron chi connectivity index (χ1n) is 8.17. The average molecular weight is 358 g/mol. The van der Waals surface area contributed by atoms with Gasteiger partial charge in [-0.15, -0.1) is 0 Å². The van der Waals surface area contributed by atoms with Gasteiger partial charge >= 0.3 is 0 Å². The van der Waals surface area contributed by atoms with E-state index in [2.05, 4.69) is 16.4 Å². The lowest BCUT2D eigenvalue weighted by molar-refractivity contribution is -0.120. The standard InChI is InChI=1S/C18H22N4O2S/c1-5-22-16(24)13-8-6-7-9-14(13)20-17(22)25-10-15(23)21-18(4,11-19)12(2)3/h6-9,12H,5,10H2,1-4H3,(H,21,23)/t18-/m1/s1. The second-order valence-electron chi connectivity index (χ2n) is 6.27. The molecule has 0 bridgehead atoms. The Morgan fingerprint density at radius 1 is 1.44 bits per heavy atom. The molecule has 1 heterocycles. The van der Waals surface area contributed by atoms with E-state index in [1.807, 2.05) is 26.8 Å². The number of aromatic nitrogens is 2. The maximum absolute atomic E-state index is 12.6. The van der Waals surface area contributed by atoms with Crippen LogP contribution in [0.25, 0.3) is 10.9 Å². The SMILES string of the molecule is CCn1c(SCC(=O)N[C@](C)(C#N)C(C)C)nc2ccccc2c1=O. The van der Waals surface area contributed by atoms with E-state index in [4.69, 9.17) is 0 Å². The molecule has 1 N–H and O–H groups in total. The molecule has 0 fully saturated rings. The molecule has 0 spiro atoms. The first-order chi connectivity index (χ1) is 11.8. The van der Waals surface area contributed by atoms with E-state index < -0.39 is 5.54 Å². The molecule has 1 aromatic carbocycles. The van der Waals surface area contributed by atoms with Crippen LogP contribution in [0.3, 0.4) is 0 Å². The molecular weight excluding hydrogens is 336 g/mol. The molecule has 6 nitrogen and oxygen atoms in total. The van der Waals surface area contributed by atoms with Crippen molar-refractivity contribution in [1.29, 1.82) is 5.26 Å². The minimum Gasteiger partial charge on any atom is -0.337 e. The average Bonchev–Trinajstić information content (AvgIpc) is 2.59. The highest BCUT2D eigenvalue weighted by Crippen LogP contribution is 2.19. The normalized spacial score (nSPS) is 13.4. The number of carbonyl (C=O) groups excluding carboxylic acids is 1. The molecule has 1 amide bonds. The van der Waals surface area contributed by atoms with Gasteiger partial charge in [-0.2, -0.15) is 5.26 Å². The van der Waals surface area contributed by atoms with E-state index in [1.54, 1.807) is 29.7 Å². The molecule has 2 aromatic rings. The quantitative estimate of drug-likeness (QED) is 0.633. The number of hydrogen-bond acceptors (Lipinski definition) is 5. The summed E-state index contributed by atoms with van der Waals surface area (Å²) in [7, 11) is 0. The number of nitrogens with one attached hydrogen (secondary N) is 1. The van der Waals surface area contributed by atoms with Crippen LogP contribution < -0.4 is 10.9 Å².